The van der Waals surface area contributed by atoms with E-state index < -0.39 is 0 Å². The minimum atomic E-state index is 0.250. The summed E-state index contributed by atoms with van der Waals surface area (Å²) in [7, 11) is 0. The zero-order valence-electron chi connectivity index (χ0n) is 36.2. The van der Waals surface area contributed by atoms with Gasteiger partial charge in [-0.3, -0.25) is 15.3 Å². The van der Waals surface area contributed by atoms with Gasteiger partial charge in [-0.2, -0.15) is 49.8 Å². The number of aromatic amines is 3. The second kappa shape index (κ2) is 37.2. The van der Waals surface area contributed by atoms with E-state index in [0.717, 1.165) is 37.8 Å². The Morgan fingerprint density at radius 3 is 1.25 bits per heavy atom. The molecule has 0 amide bonds. The molecule has 380 valence electrons. The van der Waals surface area contributed by atoms with Gasteiger partial charge in [-0.1, -0.05) is 58.0 Å². The number of aryl methyl sites for hydroxylation is 1. The number of nitrogens with one attached hydrogen (secondary N) is 3. The molecule has 0 unspecified atom stereocenters. The predicted octanol–water partition coefficient (Wildman–Crippen LogP) is 13.9. The number of hydrogen-bond donors (Lipinski definition) is 3. The van der Waals surface area contributed by atoms with E-state index in [0.29, 0.717) is 42.7 Å². The normalized spacial score (nSPS) is 9.27. The molecule has 20 nitrogen and oxygen atoms in total. The molecule has 0 atom stereocenters. The highest BCUT2D eigenvalue weighted by Crippen LogP contribution is 2.27. The quantitative estimate of drug-likeness (QED) is 0.139. The van der Waals surface area contributed by atoms with Crippen molar-refractivity contribution in [1.82, 2.24) is 79.9 Å². The number of pyridine rings is 4. The number of carbonyl (C=O) groups excluding carboxylic acids is 4. The Hall–Kier alpha value is -4.57. The fourth-order valence-corrected chi connectivity index (χ4v) is 7.38. The van der Waals surface area contributed by atoms with Crippen LogP contribution in [0.4, 0.5) is 0 Å². The number of rotatable bonds is 3. The van der Waals surface area contributed by atoms with Crippen molar-refractivity contribution in [3.8, 4) is 17.5 Å². The average molecular weight is 1550 g/mol. The van der Waals surface area contributed by atoms with Crippen molar-refractivity contribution in [2.24, 2.45) is 0 Å². The van der Waals surface area contributed by atoms with Crippen molar-refractivity contribution in [1.29, 1.82) is 0 Å². The van der Waals surface area contributed by atoms with Gasteiger partial charge in [0.1, 0.15) is 32.8 Å². The second-order valence-electron chi connectivity index (χ2n) is 11.9. The van der Waals surface area contributed by atoms with Gasteiger partial charge >= 0.3 is 12.3 Å². The standard InChI is InChI=1S/C9H7BrClN3.2C8H5BrClN3.C5H3Cl2N.C3HBr3N2.C3H3BrN2.C3H4N2.2CO2/c1-6-5-8(10)13-14(6)9-7(11)3-2-4-12-9;2*9-7-3-5-13(12-7)8-6(10)2-1-4-11-8;6-4-2-1-3-8-5(4)7;4-1-2(5)7-8-3(1)6;4-3-1-2-5-6-3;1-2-4-5-3-1;2*2-1-3/h2-5H,1H3;2*1-5H;1-3H;(H,7,8);1-2H,(H,5,6);1-3H,(H,4,5);;. The fourth-order valence-electron chi connectivity index (χ4n) is 4.22. The molecule has 0 fully saturated rings. The van der Waals surface area contributed by atoms with Gasteiger partial charge in [0.2, 0.25) is 0 Å². The first kappa shape index (κ1) is 64.5. The Kier molecular flexibility index (Phi) is 32.9. The number of H-pyrrole nitrogens is 3. The number of halogens is 12. The van der Waals surface area contributed by atoms with Gasteiger partial charge in [-0.05, 0) is 197 Å². The van der Waals surface area contributed by atoms with E-state index in [1.54, 1.807) is 118 Å². The SMILES string of the molecule is Brc1ccn[nH]1.Brc1n[nH]c(Br)c1Br.Cc1cc(Br)nn1-c1ncccc1Cl.Clc1cccnc1-n1ccc(Br)n1.Clc1cccnc1-n1ccc(Br)n1.Clc1cccnc1Cl.O=C=O.O=C=O.c1cn[nH]c1. The first-order chi connectivity index (χ1) is 35.0. The van der Waals surface area contributed by atoms with Crippen LogP contribution in [0.25, 0.3) is 17.5 Å². The molecule has 0 radical (unpaired) electrons. The molecule has 32 heteroatoms. The lowest BCUT2D eigenvalue weighted by atomic mass is 10.4. The van der Waals surface area contributed by atoms with Crippen molar-refractivity contribution in [3.63, 3.8) is 0 Å². The summed E-state index contributed by atoms with van der Waals surface area (Å²) in [6.45, 7) is 1.95. The van der Waals surface area contributed by atoms with E-state index in [1.807, 2.05) is 37.3 Å². The van der Waals surface area contributed by atoms with Crippen molar-refractivity contribution in [2.45, 2.75) is 6.92 Å². The Labute approximate surface area is 497 Å². The van der Waals surface area contributed by atoms with Gasteiger partial charge in [0.05, 0.1) is 24.6 Å². The van der Waals surface area contributed by atoms with Crippen LogP contribution in [0, 0.1) is 6.92 Å². The first-order valence-electron chi connectivity index (χ1n) is 18.8. The van der Waals surface area contributed by atoms with E-state index in [2.05, 4.69) is 177 Å². The zero-order chi connectivity index (χ0) is 54.1. The molecule has 0 spiro atoms. The van der Waals surface area contributed by atoms with Crippen LogP contribution in [0.5, 0.6) is 0 Å². The van der Waals surface area contributed by atoms with Crippen LogP contribution in [-0.4, -0.2) is 92.2 Å². The predicted molar refractivity (Wildman–Crippen MR) is 298 cm³/mol. The van der Waals surface area contributed by atoms with E-state index >= 15 is 0 Å². The molecule has 10 rings (SSSR count). The highest BCUT2D eigenvalue weighted by molar-refractivity contribution is 9.14. The lowest BCUT2D eigenvalue weighted by Gasteiger charge is -2.03. The van der Waals surface area contributed by atoms with Crippen molar-refractivity contribution in [2.75, 3.05) is 0 Å². The molecule has 10 aromatic heterocycles. The van der Waals surface area contributed by atoms with E-state index in [1.165, 1.54) is 0 Å². The zero-order valence-corrected chi connectivity index (χ0v) is 51.1. The van der Waals surface area contributed by atoms with Gasteiger partial charge in [-0.25, -0.2) is 34.0 Å². The molecule has 0 saturated carbocycles. The second-order valence-corrected chi connectivity index (χ2v) is 19.5. The Balaban J connectivity index is 0.000000293. The van der Waals surface area contributed by atoms with Gasteiger partial charge in [0.15, 0.2) is 17.5 Å². The monoisotopic (exact) mass is 1540 g/mol. The summed E-state index contributed by atoms with van der Waals surface area (Å²) in [5.74, 6) is 1.92. The van der Waals surface area contributed by atoms with Crippen LogP contribution in [0.15, 0.2) is 167 Å². The molecular formula is C41H28Br7Cl5N16O4. The Morgan fingerprint density at radius 2 is 1.00 bits per heavy atom. The van der Waals surface area contributed by atoms with Crippen molar-refractivity contribution < 1.29 is 19.2 Å². The van der Waals surface area contributed by atoms with Crippen molar-refractivity contribution in [3.05, 3.63) is 198 Å². The smallest absolute Gasteiger partial charge is 0.286 e. The van der Waals surface area contributed by atoms with Crippen LogP contribution >= 0.6 is 170 Å². The fraction of sp³-hybridized carbons (Fsp3) is 0.0244. The largest absolute Gasteiger partial charge is 0.373 e. The van der Waals surface area contributed by atoms with Crippen LogP contribution in [0.3, 0.4) is 0 Å². The van der Waals surface area contributed by atoms with E-state index in [9.17, 15) is 0 Å². The molecule has 10 heterocycles. The van der Waals surface area contributed by atoms with Crippen molar-refractivity contribution >= 4 is 182 Å². The summed E-state index contributed by atoms with van der Waals surface area (Å²) < 4.78 is 10.7. The highest BCUT2D eigenvalue weighted by atomic mass is 79.9. The van der Waals surface area contributed by atoms with Gasteiger partial charge < -0.3 is 0 Å². The maximum absolute atomic E-state index is 8.12. The number of nitrogens with zero attached hydrogens (tertiary/aromatic N) is 13. The topological polar surface area (TPSA) is 259 Å². The van der Waals surface area contributed by atoms with Gasteiger partial charge in [-0.15, -0.1) is 0 Å². The minimum Gasteiger partial charge on any atom is -0.286 e. The molecule has 0 bridgehead atoms. The molecule has 0 aromatic carbocycles. The number of hydrogen-bond acceptors (Lipinski definition) is 14. The molecule has 73 heavy (non-hydrogen) atoms. The summed E-state index contributed by atoms with van der Waals surface area (Å²) in [6.07, 6.45) is 15.9. The van der Waals surface area contributed by atoms with E-state index in [4.69, 9.17) is 77.2 Å². The number of aromatic nitrogens is 16. The third-order valence-electron chi connectivity index (χ3n) is 7.03. The summed E-state index contributed by atoms with van der Waals surface area (Å²) in [4.78, 5) is 48.6. The lowest BCUT2D eigenvalue weighted by Crippen LogP contribution is -2.01. The summed E-state index contributed by atoms with van der Waals surface area (Å²) in [5.41, 5.74) is 0.984. The Morgan fingerprint density at radius 1 is 0.521 bits per heavy atom. The first-order valence-corrected chi connectivity index (χ1v) is 26.3. The molecular weight excluding hydrogens is 1520 g/mol. The lowest BCUT2D eigenvalue weighted by molar-refractivity contribution is -0.193. The van der Waals surface area contributed by atoms with Crippen LogP contribution in [-0.2, 0) is 19.2 Å². The molecule has 0 aliphatic heterocycles. The molecule has 10 aromatic rings. The van der Waals surface area contributed by atoms with Crippen LogP contribution in [0.2, 0.25) is 25.2 Å². The molecule has 3 N–H and O–H groups in total. The third kappa shape index (κ3) is 25.5. The average Bonchev–Trinajstić information content (AvgIpc) is 4.27. The minimum absolute atomic E-state index is 0.250. The summed E-state index contributed by atoms with van der Waals surface area (Å²) >= 11 is 51.5. The van der Waals surface area contributed by atoms with Gasteiger partial charge in [0, 0.05) is 61.5 Å². The van der Waals surface area contributed by atoms with Crippen LogP contribution < -0.4 is 0 Å². The molecule has 0 aliphatic rings. The maximum Gasteiger partial charge on any atom is 0.373 e. The summed E-state index contributed by atoms with van der Waals surface area (Å²) in [5, 5.41) is 34.1. The van der Waals surface area contributed by atoms with Gasteiger partial charge in [0.25, 0.3) is 0 Å². The highest BCUT2D eigenvalue weighted by Gasteiger charge is 2.09. The van der Waals surface area contributed by atoms with E-state index in [-0.39, 0.29) is 12.3 Å². The maximum atomic E-state index is 8.12. The third-order valence-corrected chi connectivity index (χ3v) is 13.3. The Bertz CT molecular complexity index is 3040. The summed E-state index contributed by atoms with van der Waals surface area (Å²) in [6, 6.07) is 23.3. The molecule has 0 saturated heterocycles. The molecule has 0 aliphatic carbocycles. The van der Waals surface area contributed by atoms with Crippen LogP contribution in [0.1, 0.15) is 5.69 Å².